The van der Waals surface area contributed by atoms with Crippen molar-refractivity contribution in [2.24, 2.45) is 0 Å². The smallest absolute Gasteiger partial charge is 0.415 e. The first kappa shape index (κ1) is 25.9. The number of hydrogen-bond acceptors (Lipinski definition) is 6. The largest absolute Gasteiger partial charge is 0.464 e. The van der Waals surface area contributed by atoms with Gasteiger partial charge in [0.2, 0.25) is 0 Å². The molecule has 198 valence electrons. The van der Waals surface area contributed by atoms with E-state index in [1.165, 1.54) is 34.8 Å². The summed E-state index contributed by atoms with van der Waals surface area (Å²) in [6, 6.07) is 20.0. The normalized spacial score (nSPS) is 11.5. The summed E-state index contributed by atoms with van der Waals surface area (Å²) < 4.78 is 35.5. The Hall–Kier alpha value is -4.70. The molecule has 0 unspecified atom stereocenters. The molecule has 1 N–H and O–H groups in total. The van der Waals surface area contributed by atoms with E-state index in [1.807, 2.05) is 31.2 Å². The topological polar surface area (TPSA) is 119 Å². The van der Waals surface area contributed by atoms with Crippen LogP contribution < -0.4 is 4.31 Å². The summed E-state index contributed by atoms with van der Waals surface area (Å²) in [5, 5.41) is 12.0. The van der Waals surface area contributed by atoms with Gasteiger partial charge in [-0.25, -0.2) is 27.3 Å². The third-order valence-electron chi connectivity index (χ3n) is 6.51. The number of hydrogen-bond donors (Lipinski definition) is 1. The lowest BCUT2D eigenvalue weighted by Crippen LogP contribution is -2.32. The molecule has 5 aromatic rings. The highest BCUT2D eigenvalue weighted by atomic mass is 32.2. The van der Waals surface area contributed by atoms with Crippen LogP contribution in [0.3, 0.4) is 0 Å². The number of aryl methyl sites for hydroxylation is 1. The van der Waals surface area contributed by atoms with Crippen molar-refractivity contribution in [3.05, 3.63) is 102 Å². The molecule has 3 aromatic carbocycles. The van der Waals surface area contributed by atoms with E-state index >= 15 is 0 Å². The van der Waals surface area contributed by atoms with Gasteiger partial charge < -0.3 is 9.84 Å². The minimum Gasteiger partial charge on any atom is -0.464 e. The highest BCUT2D eigenvalue weighted by Gasteiger charge is 2.29. The molecule has 10 heteroatoms. The van der Waals surface area contributed by atoms with Crippen LogP contribution in [0.2, 0.25) is 0 Å². The van der Waals surface area contributed by atoms with Crippen molar-refractivity contribution in [1.82, 2.24) is 9.55 Å². The van der Waals surface area contributed by atoms with Gasteiger partial charge in [-0.15, -0.1) is 0 Å². The van der Waals surface area contributed by atoms with E-state index in [9.17, 15) is 23.1 Å². The zero-order valence-electron chi connectivity index (χ0n) is 21.2. The number of ether oxygens (including phenoxy) is 1. The predicted molar refractivity (Wildman–Crippen MR) is 148 cm³/mol. The fourth-order valence-corrected chi connectivity index (χ4v) is 6.00. The van der Waals surface area contributed by atoms with E-state index < -0.39 is 22.1 Å². The van der Waals surface area contributed by atoms with Gasteiger partial charge in [0, 0.05) is 28.7 Å². The molecule has 0 spiro atoms. The van der Waals surface area contributed by atoms with Crippen LogP contribution in [0, 0.1) is 6.92 Å². The zero-order chi connectivity index (χ0) is 27.7. The maximum Gasteiger partial charge on any atom is 0.415 e. The molecule has 2 aromatic heterocycles. The quantitative estimate of drug-likeness (QED) is 0.266. The van der Waals surface area contributed by atoms with Crippen molar-refractivity contribution >= 4 is 49.6 Å². The second kappa shape index (κ2) is 10.2. The number of esters is 1. The first-order valence-corrected chi connectivity index (χ1v) is 13.6. The summed E-state index contributed by atoms with van der Waals surface area (Å²) in [6.07, 6.45) is 1.94. The van der Waals surface area contributed by atoms with E-state index in [4.69, 9.17) is 4.74 Å². The molecule has 0 saturated carbocycles. The van der Waals surface area contributed by atoms with Crippen LogP contribution in [0.25, 0.3) is 21.7 Å². The van der Waals surface area contributed by atoms with Crippen LogP contribution in [0.5, 0.6) is 0 Å². The second-order valence-corrected chi connectivity index (χ2v) is 10.8. The van der Waals surface area contributed by atoms with Crippen LogP contribution in [0.4, 0.5) is 10.6 Å². The van der Waals surface area contributed by atoms with Crippen LogP contribution in [-0.2, 0) is 21.3 Å². The monoisotopic (exact) mass is 543 g/mol. The van der Waals surface area contributed by atoms with E-state index in [-0.39, 0.29) is 29.4 Å². The van der Waals surface area contributed by atoms with E-state index in [1.54, 1.807) is 37.4 Å². The molecule has 0 bridgehead atoms. The van der Waals surface area contributed by atoms with Gasteiger partial charge in [0.1, 0.15) is 5.82 Å². The van der Waals surface area contributed by atoms with Crippen molar-refractivity contribution in [2.75, 3.05) is 10.9 Å². The van der Waals surface area contributed by atoms with Gasteiger partial charge in [0.15, 0.2) is 0 Å². The summed E-state index contributed by atoms with van der Waals surface area (Å²) in [6.45, 7) is 3.61. The molecule has 0 radical (unpaired) electrons. The lowest BCUT2D eigenvalue weighted by Gasteiger charge is -2.26. The average Bonchev–Trinajstić information content (AvgIpc) is 3.36. The van der Waals surface area contributed by atoms with Gasteiger partial charge in [0.25, 0.3) is 10.0 Å². The molecule has 5 rings (SSSR count). The summed E-state index contributed by atoms with van der Waals surface area (Å²) in [5.74, 6) is -0.294. The average molecular weight is 544 g/mol. The third-order valence-corrected chi connectivity index (χ3v) is 8.26. The number of carbonyl (C=O) groups is 2. The van der Waals surface area contributed by atoms with Crippen molar-refractivity contribution in [2.45, 2.75) is 25.3 Å². The third kappa shape index (κ3) is 4.82. The van der Waals surface area contributed by atoms with Gasteiger partial charge in [-0.1, -0.05) is 36.4 Å². The number of fused-ring (bicyclic) bond motifs is 2. The number of pyridine rings is 1. The number of carbonyl (C=O) groups excluding carboxylic acids is 1. The number of carboxylic acid groups (broad SMARTS) is 1. The summed E-state index contributed by atoms with van der Waals surface area (Å²) >= 11 is 0. The Morgan fingerprint density at radius 2 is 1.74 bits per heavy atom. The molecule has 0 aliphatic heterocycles. The molecule has 0 aliphatic rings. The molecule has 0 aliphatic carbocycles. The number of sulfonamides is 1. The fourth-order valence-electron chi connectivity index (χ4n) is 4.53. The Balaban J connectivity index is 1.63. The summed E-state index contributed by atoms with van der Waals surface area (Å²) in [7, 11) is -4.17. The fraction of sp³-hybridized carbons (Fsp3) is 0.138. The molecule has 0 amide bonds. The maximum atomic E-state index is 14.1. The van der Waals surface area contributed by atoms with Gasteiger partial charge >= 0.3 is 12.1 Å². The van der Waals surface area contributed by atoms with Crippen molar-refractivity contribution in [3.63, 3.8) is 0 Å². The van der Waals surface area contributed by atoms with E-state index in [0.29, 0.717) is 22.0 Å². The van der Waals surface area contributed by atoms with Gasteiger partial charge in [0.05, 0.1) is 29.1 Å². The Morgan fingerprint density at radius 1 is 1.00 bits per heavy atom. The standard InChI is InChI=1S/C29H25N3O6S/c1-3-38-28(33)22-10-12-24(13-11-22)39(36,37)32(27-19(2)25-7-5-4-6-23(25)17-30-27)18-20-8-9-21-14-15-31(29(34)35)26(21)16-20/h4-17H,3,18H2,1-2H3,(H,34,35). The van der Waals surface area contributed by atoms with Crippen LogP contribution >= 0.6 is 0 Å². The predicted octanol–water partition coefficient (Wildman–Crippen LogP) is 5.60. The molecular weight excluding hydrogens is 518 g/mol. The van der Waals surface area contributed by atoms with Crippen molar-refractivity contribution in [3.8, 4) is 0 Å². The van der Waals surface area contributed by atoms with Gasteiger partial charge in [-0.3, -0.25) is 4.57 Å². The Kier molecular flexibility index (Phi) is 6.80. The highest BCUT2D eigenvalue weighted by Crippen LogP contribution is 2.32. The number of aromatic nitrogens is 2. The molecular formula is C29H25N3O6S. The SMILES string of the molecule is CCOC(=O)c1ccc(S(=O)(=O)N(Cc2ccc3ccn(C(=O)O)c3c2)c2ncc3ccccc3c2C)cc1. The number of nitrogens with zero attached hydrogens (tertiary/aromatic N) is 3. The lowest BCUT2D eigenvalue weighted by molar-refractivity contribution is 0.0526. The summed E-state index contributed by atoms with van der Waals surface area (Å²) in [5.41, 5.74) is 1.93. The highest BCUT2D eigenvalue weighted by molar-refractivity contribution is 7.92. The molecule has 0 atom stereocenters. The number of rotatable bonds is 7. The van der Waals surface area contributed by atoms with Crippen molar-refractivity contribution in [1.29, 1.82) is 0 Å². The Labute approximate surface area is 224 Å². The van der Waals surface area contributed by atoms with Crippen molar-refractivity contribution < 1.29 is 27.9 Å². The molecule has 39 heavy (non-hydrogen) atoms. The minimum atomic E-state index is -4.17. The molecule has 2 heterocycles. The van der Waals surface area contributed by atoms with E-state index in [2.05, 4.69) is 4.98 Å². The van der Waals surface area contributed by atoms with Crippen LogP contribution in [-0.4, -0.2) is 41.7 Å². The Morgan fingerprint density at radius 3 is 2.46 bits per heavy atom. The van der Waals surface area contributed by atoms with Crippen LogP contribution in [0.1, 0.15) is 28.4 Å². The number of anilines is 1. The maximum absolute atomic E-state index is 14.1. The first-order valence-electron chi connectivity index (χ1n) is 12.2. The second-order valence-electron chi connectivity index (χ2n) is 8.91. The van der Waals surface area contributed by atoms with E-state index in [0.717, 1.165) is 15.3 Å². The zero-order valence-corrected chi connectivity index (χ0v) is 22.1. The minimum absolute atomic E-state index is 0.0279. The van der Waals surface area contributed by atoms with Gasteiger partial charge in [-0.2, -0.15) is 0 Å². The molecule has 0 saturated heterocycles. The first-order chi connectivity index (χ1) is 18.7. The number of benzene rings is 3. The van der Waals surface area contributed by atoms with Gasteiger partial charge in [-0.05, 0) is 61.2 Å². The van der Waals surface area contributed by atoms with Crippen LogP contribution in [0.15, 0.2) is 90.1 Å². The Bertz CT molecular complexity index is 1830. The molecule has 0 fully saturated rings. The molecule has 9 nitrogen and oxygen atoms in total. The lowest BCUT2D eigenvalue weighted by atomic mass is 10.1. The summed E-state index contributed by atoms with van der Waals surface area (Å²) in [4.78, 5) is 28.3.